The number of rotatable bonds is 1. The van der Waals surface area contributed by atoms with Crippen molar-refractivity contribution < 1.29 is 9.90 Å². The molecule has 15 heavy (non-hydrogen) atoms. The molecule has 1 atom stereocenters. The molecular formula is C11H19NO2S. The van der Waals surface area contributed by atoms with Crippen LogP contribution in [0.5, 0.6) is 0 Å². The molecule has 0 aromatic carbocycles. The van der Waals surface area contributed by atoms with E-state index in [9.17, 15) is 9.90 Å². The molecule has 2 fully saturated rings. The van der Waals surface area contributed by atoms with Crippen molar-refractivity contribution in [2.24, 2.45) is 0 Å². The number of hydrogen-bond donors (Lipinski definition) is 2. The van der Waals surface area contributed by atoms with E-state index in [-0.39, 0.29) is 15.7 Å². The highest BCUT2D eigenvalue weighted by Crippen LogP contribution is 2.52. The first-order valence-electron chi connectivity index (χ1n) is 5.66. The van der Waals surface area contributed by atoms with E-state index in [1.165, 1.54) is 19.3 Å². The summed E-state index contributed by atoms with van der Waals surface area (Å²) in [6.07, 6.45) is 5.70. The van der Waals surface area contributed by atoms with E-state index < -0.39 is 5.97 Å². The van der Waals surface area contributed by atoms with Gasteiger partial charge in [0.05, 0.1) is 4.87 Å². The maximum absolute atomic E-state index is 11.3. The molecule has 1 aliphatic heterocycles. The molecule has 2 aliphatic rings. The Kier molecular flexibility index (Phi) is 2.75. The van der Waals surface area contributed by atoms with Gasteiger partial charge in [-0.3, -0.25) is 10.1 Å². The monoisotopic (exact) mass is 229 g/mol. The Balaban J connectivity index is 2.24. The van der Waals surface area contributed by atoms with E-state index in [2.05, 4.69) is 19.2 Å². The maximum atomic E-state index is 11.3. The lowest BCUT2D eigenvalue weighted by molar-refractivity contribution is -0.140. The van der Waals surface area contributed by atoms with Gasteiger partial charge in [0.1, 0.15) is 6.04 Å². The first-order valence-corrected chi connectivity index (χ1v) is 6.48. The predicted molar refractivity (Wildman–Crippen MR) is 62.0 cm³/mol. The summed E-state index contributed by atoms with van der Waals surface area (Å²) in [4.78, 5) is 11.2. The summed E-state index contributed by atoms with van der Waals surface area (Å²) in [5.41, 5.74) is 0. The van der Waals surface area contributed by atoms with Gasteiger partial charge in [-0.25, -0.2) is 0 Å². The predicted octanol–water partition coefficient (Wildman–Crippen LogP) is 2.21. The fourth-order valence-electron chi connectivity index (χ4n) is 2.90. The second kappa shape index (κ2) is 3.67. The lowest BCUT2D eigenvalue weighted by Gasteiger charge is -2.35. The van der Waals surface area contributed by atoms with Crippen LogP contribution in [0.4, 0.5) is 0 Å². The largest absolute Gasteiger partial charge is 0.480 e. The number of nitrogens with one attached hydrogen (secondary N) is 1. The number of carboxylic acid groups (broad SMARTS) is 1. The average molecular weight is 229 g/mol. The lowest BCUT2D eigenvalue weighted by Crippen LogP contribution is -2.50. The second-order valence-corrected chi connectivity index (χ2v) is 7.19. The van der Waals surface area contributed by atoms with E-state index in [1.807, 2.05) is 11.8 Å². The third-order valence-corrected chi connectivity index (χ3v) is 5.10. The fourth-order valence-corrected chi connectivity index (χ4v) is 4.87. The van der Waals surface area contributed by atoms with Crippen molar-refractivity contribution in [2.45, 2.75) is 61.6 Å². The van der Waals surface area contributed by atoms with E-state index in [4.69, 9.17) is 0 Å². The molecule has 1 aliphatic carbocycles. The van der Waals surface area contributed by atoms with Gasteiger partial charge in [0.25, 0.3) is 0 Å². The molecule has 86 valence electrons. The molecule has 0 amide bonds. The Morgan fingerprint density at radius 2 is 1.93 bits per heavy atom. The summed E-state index contributed by atoms with van der Waals surface area (Å²) in [7, 11) is 0. The zero-order valence-electron chi connectivity index (χ0n) is 9.38. The molecule has 1 heterocycles. The molecule has 0 aromatic rings. The highest BCUT2D eigenvalue weighted by Gasteiger charge is 2.54. The summed E-state index contributed by atoms with van der Waals surface area (Å²) in [5, 5.41) is 12.5. The Morgan fingerprint density at radius 3 is 2.47 bits per heavy atom. The van der Waals surface area contributed by atoms with Crippen molar-refractivity contribution in [3.05, 3.63) is 0 Å². The van der Waals surface area contributed by atoms with Gasteiger partial charge >= 0.3 is 5.97 Å². The minimum absolute atomic E-state index is 0.0480. The van der Waals surface area contributed by atoms with Crippen molar-refractivity contribution in [3.8, 4) is 0 Å². The van der Waals surface area contributed by atoms with Gasteiger partial charge in [-0.05, 0) is 26.7 Å². The van der Waals surface area contributed by atoms with Crippen molar-refractivity contribution in [1.29, 1.82) is 0 Å². The van der Waals surface area contributed by atoms with Crippen molar-refractivity contribution >= 4 is 17.7 Å². The molecule has 1 unspecified atom stereocenters. The van der Waals surface area contributed by atoms with Gasteiger partial charge in [-0.1, -0.05) is 19.3 Å². The van der Waals surface area contributed by atoms with Crippen LogP contribution in [0.3, 0.4) is 0 Å². The topological polar surface area (TPSA) is 49.3 Å². The van der Waals surface area contributed by atoms with Crippen LogP contribution in [0.15, 0.2) is 0 Å². The molecule has 0 radical (unpaired) electrons. The standard InChI is InChI=1S/C11H19NO2S/c1-10(2)12-8(9(13)14)11(15-10)6-4-3-5-7-11/h8,12H,3-7H2,1-2H3,(H,13,14). The Bertz CT molecular complexity index is 272. The Hall–Kier alpha value is -0.220. The minimum Gasteiger partial charge on any atom is -0.480 e. The minimum atomic E-state index is -0.685. The molecule has 1 saturated carbocycles. The van der Waals surface area contributed by atoms with Gasteiger partial charge in [0.15, 0.2) is 0 Å². The van der Waals surface area contributed by atoms with Gasteiger partial charge in [0.2, 0.25) is 0 Å². The van der Waals surface area contributed by atoms with Crippen LogP contribution in [0, 0.1) is 0 Å². The second-order valence-electron chi connectivity index (χ2n) is 5.15. The van der Waals surface area contributed by atoms with Crippen LogP contribution in [0.25, 0.3) is 0 Å². The van der Waals surface area contributed by atoms with Crippen LogP contribution >= 0.6 is 11.8 Å². The lowest BCUT2D eigenvalue weighted by atomic mass is 9.83. The fraction of sp³-hybridized carbons (Fsp3) is 0.909. The SMILES string of the molecule is CC1(C)NC(C(=O)O)C2(CCCCC2)S1. The van der Waals surface area contributed by atoms with Gasteiger partial charge < -0.3 is 5.11 Å². The summed E-state index contributed by atoms with van der Waals surface area (Å²) in [6.45, 7) is 4.16. The van der Waals surface area contributed by atoms with E-state index in [1.54, 1.807) is 0 Å². The van der Waals surface area contributed by atoms with Crippen LogP contribution in [-0.4, -0.2) is 26.7 Å². The smallest absolute Gasteiger partial charge is 0.322 e. The molecule has 0 bridgehead atoms. The molecule has 1 saturated heterocycles. The quantitative estimate of drug-likeness (QED) is 0.724. The Morgan fingerprint density at radius 1 is 1.33 bits per heavy atom. The third-order valence-electron chi connectivity index (χ3n) is 3.42. The van der Waals surface area contributed by atoms with Crippen LogP contribution in [0.1, 0.15) is 46.0 Å². The zero-order chi connectivity index (χ0) is 11.1. The third kappa shape index (κ3) is 2.02. The van der Waals surface area contributed by atoms with Crippen LogP contribution in [-0.2, 0) is 4.79 Å². The molecule has 0 aromatic heterocycles. The van der Waals surface area contributed by atoms with Crippen molar-refractivity contribution in [1.82, 2.24) is 5.32 Å². The average Bonchev–Trinajstić information content (AvgIpc) is 2.39. The summed E-state index contributed by atoms with van der Waals surface area (Å²) >= 11 is 1.84. The number of hydrogen-bond acceptors (Lipinski definition) is 3. The van der Waals surface area contributed by atoms with E-state index in [0.717, 1.165) is 12.8 Å². The van der Waals surface area contributed by atoms with Crippen molar-refractivity contribution in [2.75, 3.05) is 0 Å². The molecule has 1 spiro atoms. The van der Waals surface area contributed by atoms with E-state index in [0.29, 0.717) is 0 Å². The highest BCUT2D eigenvalue weighted by atomic mass is 32.2. The van der Waals surface area contributed by atoms with Gasteiger partial charge in [0, 0.05) is 4.75 Å². The van der Waals surface area contributed by atoms with Gasteiger partial charge in [-0.2, -0.15) is 0 Å². The number of thioether (sulfide) groups is 1. The number of carbonyl (C=O) groups is 1. The molecule has 4 heteroatoms. The van der Waals surface area contributed by atoms with Crippen LogP contribution < -0.4 is 5.32 Å². The molecule has 2 N–H and O–H groups in total. The van der Waals surface area contributed by atoms with Gasteiger partial charge in [-0.15, -0.1) is 11.8 Å². The molecular weight excluding hydrogens is 210 g/mol. The molecule has 3 nitrogen and oxygen atoms in total. The van der Waals surface area contributed by atoms with E-state index >= 15 is 0 Å². The van der Waals surface area contributed by atoms with Crippen LogP contribution in [0.2, 0.25) is 0 Å². The highest BCUT2D eigenvalue weighted by molar-refractivity contribution is 8.02. The summed E-state index contributed by atoms with van der Waals surface area (Å²) < 4.78 is -0.0480. The first-order chi connectivity index (χ1) is 6.95. The summed E-state index contributed by atoms with van der Waals surface area (Å²) in [5.74, 6) is -0.685. The summed E-state index contributed by atoms with van der Waals surface area (Å²) in [6, 6.07) is -0.363. The number of aliphatic carboxylic acids is 1. The maximum Gasteiger partial charge on any atom is 0.322 e. The number of carboxylic acids is 1. The van der Waals surface area contributed by atoms with Crippen molar-refractivity contribution in [3.63, 3.8) is 0 Å². The zero-order valence-corrected chi connectivity index (χ0v) is 10.2. The first kappa shape index (κ1) is 11.3. The molecule has 2 rings (SSSR count). The Labute approximate surface area is 95.0 Å². The normalized spacial score (nSPS) is 33.1.